The maximum Gasteiger partial charge on any atom is 0.132 e. The first-order valence-corrected chi connectivity index (χ1v) is 11.4. The molecule has 0 aromatic heterocycles. The van der Waals surface area contributed by atoms with Gasteiger partial charge in [0, 0.05) is 17.0 Å². The van der Waals surface area contributed by atoms with Gasteiger partial charge in [-0.05, 0) is 75.5 Å². The molecular formula is C30H24O3. The molecule has 3 heteroatoms. The quantitative estimate of drug-likeness (QED) is 0.302. The van der Waals surface area contributed by atoms with Gasteiger partial charge in [0.15, 0.2) is 0 Å². The predicted octanol–water partition coefficient (Wildman–Crippen LogP) is 7.64. The molecule has 0 aliphatic carbocycles. The summed E-state index contributed by atoms with van der Waals surface area (Å²) in [5.74, 6) is 2.13. The van der Waals surface area contributed by atoms with Crippen LogP contribution in [-0.4, -0.2) is 10.2 Å². The molecule has 0 amide bonds. The number of phenolic OH excluding ortho intramolecular Hbond substituents is 2. The summed E-state index contributed by atoms with van der Waals surface area (Å²) < 4.78 is 6.44. The van der Waals surface area contributed by atoms with E-state index in [9.17, 15) is 10.2 Å². The first-order valence-electron chi connectivity index (χ1n) is 11.4. The monoisotopic (exact) mass is 432 g/mol. The zero-order chi connectivity index (χ0) is 22.5. The fourth-order valence-electron chi connectivity index (χ4n) is 5.18. The van der Waals surface area contributed by atoms with Crippen molar-refractivity contribution in [3.05, 3.63) is 107 Å². The number of phenols is 2. The molecule has 162 valence electrons. The molecule has 0 unspecified atom stereocenters. The number of fused-ring (bicyclic) bond motifs is 6. The number of hydrogen-bond donors (Lipinski definition) is 2. The number of hydrogen-bond acceptors (Lipinski definition) is 3. The smallest absolute Gasteiger partial charge is 0.132 e. The fourth-order valence-corrected chi connectivity index (χ4v) is 5.18. The number of rotatable bonds is 3. The van der Waals surface area contributed by atoms with Crippen LogP contribution in [0.1, 0.15) is 41.5 Å². The molecule has 1 aliphatic rings. The second-order valence-electron chi connectivity index (χ2n) is 8.79. The molecule has 0 atom stereocenters. The molecule has 1 aliphatic heterocycles. The summed E-state index contributed by atoms with van der Waals surface area (Å²) in [6.45, 7) is 2.20. The van der Waals surface area contributed by atoms with Crippen LogP contribution in [0.15, 0.2) is 84.9 Å². The van der Waals surface area contributed by atoms with E-state index in [1.807, 2.05) is 36.4 Å². The van der Waals surface area contributed by atoms with Crippen molar-refractivity contribution in [2.24, 2.45) is 0 Å². The lowest BCUT2D eigenvalue weighted by atomic mass is 9.78. The van der Waals surface area contributed by atoms with E-state index < -0.39 is 0 Å². The van der Waals surface area contributed by atoms with Crippen LogP contribution in [0.3, 0.4) is 0 Å². The lowest BCUT2D eigenvalue weighted by Crippen LogP contribution is -2.13. The Hall–Kier alpha value is -3.98. The van der Waals surface area contributed by atoms with Crippen molar-refractivity contribution in [3.63, 3.8) is 0 Å². The molecule has 33 heavy (non-hydrogen) atoms. The van der Waals surface area contributed by atoms with Crippen molar-refractivity contribution in [1.82, 2.24) is 0 Å². The van der Waals surface area contributed by atoms with Crippen molar-refractivity contribution in [2.45, 2.75) is 25.7 Å². The maximum absolute atomic E-state index is 10.1. The molecule has 0 spiro atoms. The van der Waals surface area contributed by atoms with E-state index >= 15 is 0 Å². The van der Waals surface area contributed by atoms with Crippen molar-refractivity contribution < 1.29 is 14.9 Å². The average Bonchev–Trinajstić information content (AvgIpc) is 2.83. The van der Waals surface area contributed by atoms with Gasteiger partial charge in [0.05, 0.1) is 0 Å². The van der Waals surface area contributed by atoms with Crippen LogP contribution in [-0.2, 0) is 6.42 Å². The van der Waals surface area contributed by atoms with E-state index in [-0.39, 0.29) is 17.4 Å². The van der Waals surface area contributed by atoms with Crippen molar-refractivity contribution in [2.75, 3.05) is 0 Å². The van der Waals surface area contributed by atoms with Gasteiger partial charge in [-0.3, -0.25) is 0 Å². The maximum atomic E-state index is 10.1. The number of benzene rings is 5. The summed E-state index contributed by atoms with van der Waals surface area (Å²) in [5, 5.41) is 24.2. The average molecular weight is 433 g/mol. The molecule has 2 N–H and O–H groups in total. The molecule has 3 nitrogen and oxygen atoms in total. The predicted molar refractivity (Wildman–Crippen MR) is 133 cm³/mol. The highest BCUT2D eigenvalue weighted by atomic mass is 16.5. The molecule has 0 fully saturated rings. The highest BCUT2D eigenvalue weighted by molar-refractivity contribution is 5.95. The Balaban J connectivity index is 1.67. The van der Waals surface area contributed by atoms with E-state index in [4.69, 9.17) is 4.74 Å². The van der Waals surface area contributed by atoms with Crippen molar-refractivity contribution >= 4 is 21.5 Å². The highest BCUT2D eigenvalue weighted by Gasteiger charge is 2.32. The van der Waals surface area contributed by atoms with Crippen molar-refractivity contribution in [1.29, 1.82) is 0 Å². The molecule has 5 aromatic rings. The number of ether oxygens (including phenoxy) is 1. The molecule has 0 radical (unpaired) electrons. The summed E-state index contributed by atoms with van der Waals surface area (Å²) >= 11 is 0. The van der Waals surface area contributed by atoms with E-state index in [0.29, 0.717) is 0 Å². The highest BCUT2D eigenvalue weighted by Crippen LogP contribution is 2.52. The SMILES string of the molecule is CCCc1ccc(C2c3c(ccc4cc(O)ccc34)Oc3ccc4cc(O)ccc4c32)cc1. The lowest BCUT2D eigenvalue weighted by Gasteiger charge is -2.31. The zero-order valence-electron chi connectivity index (χ0n) is 18.4. The minimum atomic E-state index is -0.0408. The minimum Gasteiger partial charge on any atom is -0.508 e. The molecule has 0 bridgehead atoms. The standard InChI is InChI=1S/C30H24O3/c1-2-3-18-4-6-19(7-5-18)28-29-24-12-10-22(31)16-20(24)8-14-26(29)33-27-15-9-21-17-23(32)11-13-25(21)30(27)28/h4-17,28,31-32H,2-3H2,1H3. The van der Waals surface area contributed by atoms with E-state index in [1.54, 1.807) is 24.3 Å². The summed E-state index contributed by atoms with van der Waals surface area (Å²) in [5.41, 5.74) is 4.73. The second kappa shape index (κ2) is 7.56. The van der Waals surface area contributed by atoms with Gasteiger partial charge in [-0.15, -0.1) is 0 Å². The van der Waals surface area contributed by atoms with Gasteiger partial charge in [0.2, 0.25) is 0 Å². The van der Waals surface area contributed by atoms with E-state index in [2.05, 4.69) is 31.2 Å². The Kier molecular flexibility index (Phi) is 4.51. The Labute approximate surface area is 192 Å². The molecule has 0 saturated carbocycles. The third-order valence-electron chi connectivity index (χ3n) is 6.66. The largest absolute Gasteiger partial charge is 0.508 e. The Bertz CT molecular complexity index is 1420. The minimum absolute atomic E-state index is 0.0408. The number of aryl methyl sites for hydroxylation is 1. The Morgan fingerprint density at radius 2 is 1.21 bits per heavy atom. The lowest BCUT2D eigenvalue weighted by molar-refractivity contribution is 0.455. The van der Waals surface area contributed by atoms with E-state index in [1.165, 1.54) is 11.1 Å². The third kappa shape index (κ3) is 3.20. The normalized spacial score (nSPS) is 13.0. The Morgan fingerprint density at radius 3 is 1.73 bits per heavy atom. The van der Waals surface area contributed by atoms with Gasteiger partial charge in [-0.25, -0.2) is 0 Å². The van der Waals surface area contributed by atoms with Gasteiger partial charge in [0.1, 0.15) is 23.0 Å². The van der Waals surface area contributed by atoms with Crippen LogP contribution >= 0.6 is 0 Å². The molecule has 6 rings (SSSR count). The van der Waals surface area contributed by atoms with Gasteiger partial charge in [-0.1, -0.05) is 61.9 Å². The van der Waals surface area contributed by atoms with Gasteiger partial charge in [0.25, 0.3) is 0 Å². The summed E-state index contributed by atoms with van der Waals surface area (Å²) in [6, 6.07) is 27.9. The Morgan fingerprint density at radius 1 is 0.667 bits per heavy atom. The molecule has 0 saturated heterocycles. The van der Waals surface area contributed by atoms with Gasteiger partial charge < -0.3 is 14.9 Å². The van der Waals surface area contributed by atoms with Crippen LogP contribution in [0.25, 0.3) is 21.5 Å². The fraction of sp³-hybridized carbons (Fsp3) is 0.133. The van der Waals surface area contributed by atoms with E-state index in [0.717, 1.165) is 57.0 Å². The molecule has 1 heterocycles. The van der Waals surface area contributed by atoms with Crippen LogP contribution < -0.4 is 4.74 Å². The summed E-state index contributed by atoms with van der Waals surface area (Å²) in [6.07, 6.45) is 2.18. The van der Waals surface area contributed by atoms with Crippen LogP contribution in [0.5, 0.6) is 23.0 Å². The first-order chi connectivity index (χ1) is 16.1. The molecule has 5 aromatic carbocycles. The summed E-state index contributed by atoms with van der Waals surface area (Å²) in [4.78, 5) is 0. The molecular weight excluding hydrogens is 408 g/mol. The topological polar surface area (TPSA) is 49.7 Å². The first kappa shape index (κ1) is 19.7. The number of aromatic hydroxyl groups is 2. The van der Waals surface area contributed by atoms with Crippen LogP contribution in [0.2, 0.25) is 0 Å². The third-order valence-corrected chi connectivity index (χ3v) is 6.66. The van der Waals surface area contributed by atoms with Gasteiger partial charge in [-0.2, -0.15) is 0 Å². The van der Waals surface area contributed by atoms with Crippen LogP contribution in [0.4, 0.5) is 0 Å². The zero-order valence-corrected chi connectivity index (χ0v) is 18.4. The van der Waals surface area contributed by atoms with Crippen LogP contribution in [0, 0.1) is 0 Å². The van der Waals surface area contributed by atoms with Gasteiger partial charge >= 0.3 is 0 Å². The van der Waals surface area contributed by atoms with Crippen molar-refractivity contribution in [3.8, 4) is 23.0 Å². The summed E-state index contributed by atoms with van der Waals surface area (Å²) in [7, 11) is 0. The second-order valence-corrected chi connectivity index (χ2v) is 8.79.